The molecule has 0 radical (unpaired) electrons. The molecule has 0 fully saturated rings. The first-order valence-electron chi connectivity index (χ1n) is 12.9. The number of aliphatic hydroxyl groups excluding tert-OH is 1. The molecule has 0 aliphatic heterocycles. The summed E-state index contributed by atoms with van der Waals surface area (Å²) in [6, 6.07) is 5.84. The Hall–Kier alpha value is -0.626. The van der Waals surface area contributed by atoms with E-state index < -0.39 is 23.7 Å². The van der Waals surface area contributed by atoms with Crippen LogP contribution in [0.2, 0.25) is 0 Å². The lowest BCUT2D eigenvalue weighted by atomic mass is 10.1. The molecule has 35 heavy (non-hydrogen) atoms. The van der Waals surface area contributed by atoms with Crippen molar-refractivity contribution < 1.29 is 31.7 Å². The molecule has 1 atom stereocenters. The molecular weight excluding hydrogens is 480 g/mol. The summed E-state index contributed by atoms with van der Waals surface area (Å²) in [6.07, 6.45) is -1.54. The topological polar surface area (TPSA) is 75.6 Å². The average Bonchev–Trinajstić information content (AvgIpc) is 2.64. The normalized spacial score (nSPS) is 14.4. The van der Waals surface area contributed by atoms with Crippen LogP contribution in [0.25, 0.3) is 0 Å². The van der Waals surface area contributed by atoms with Gasteiger partial charge in [-0.1, -0.05) is 12.1 Å². The smallest absolute Gasteiger partial charge is 0.389 e. The van der Waals surface area contributed by atoms with Crippen molar-refractivity contribution in [2.24, 2.45) is 0 Å². The Labute approximate surface area is 216 Å². The lowest BCUT2D eigenvalue weighted by Gasteiger charge is -2.37. The van der Waals surface area contributed by atoms with Gasteiger partial charge in [-0.2, -0.15) is 0 Å². The average molecular weight is 531 g/mol. The van der Waals surface area contributed by atoms with Crippen molar-refractivity contribution in [2.75, 3.05) is 0 Å². The zero-order valence-corrected chi connectivity index (χ0v) is 26.2. The predicted molar refractivity (Wildman–Crippen MR) is 145 cm³/mol. The van der Waals surface area contributed by atoms with Crippen molar-refractivity contribution in [1.82, 2.24) is 0 Å². The lowest BCUT2D eigenvalue weighted by Crippen LogP contribution is -2.64. The Morgan fingerprint density at radius 3 is 0.857 bits per heavy atom. The first-order valence-corrected chi connectivity index (χ1v) is 16.4. The van der Waals surface area contributed by atoms with Crippen LogP contribution in [0, 0.1) is 0 Å². The molecule has 9 heteroatoms. The van der Waals surface area contributed by atoms with E-state index in [9.17, 15) is 5.11 Å². The first-order chi connectivity index (χ1) is 16.0. The van der Waals surface area contributed by atoms with Crippen LogP contribution in [0.15, 0.2) is 18.2 Å². The van der Waals surface area contributed by atoms with Crippen molar-refractivity contribution in [2.45, 2.75) is 133 Å². The highest BCUT2D eigenvalue weighted by atomic mass is 28.4. The lowest BCUT2D eigenvalue weighted by molar-refractivity contribution is 0.0153. The number of hydrogen-bond donors (Lipinski definition) is 1. The van der Waals surface area contributed by atoms with Crippen LogP contribution in [-0.2, 0) is 26.6 Å². The Morgan fingerprint density at radius 2 is 0.686 bits per heavy atom. The van der Waals surface area contributed by atoms with Crippen LogP contribution < -0.4 is 10.4 Å². The quantitative estimate of drug-likeness (QED) is 0.333. The van der Waals surface area contributed by atoms with Crippen LogP contribution in [-0.4, -0.2) is 59.3 Å². The van der Waals surface area contributed by atoms with Crippen molar-refractivity contribution in [3.8, 4) is 0 Å². The molecule has 0 heterocycles. The van der Waals surface area contributed by atoms with Gasteiger partial charge < -0.3 is 31.7 Å². The van der Waals surface area contributed by atoms with Gasteiger partial charge in [-0.05, 0) is 102 Å². The Kier molecular flexibility index (Phi) is 12.8. The van der Waals surface area contributed by atoms with Crippen molar-refractivity contribution >= 4 is 28.0 Å². The second kappa shape index (κ2) is 13.8. The van der Waals surface area contributed by atoms with E-state index >= 15 is 0 Å². The van der Waals surface area contributed by atoms with Gasteiger partial charge in [0.15, 0.2) is 0 Å². The van der Waals surface area contributed by atoms with E-state index in [1.54, 1.807) is 6.92 Å². The second-order valence-electron chi connectivity index (χ2n) is 10.6. The second-order valence-corrected chi connectivity index (χ2v) is 15.4. The number of aliphatic hydroxyl groups is 1. The maximum atomic E-state index is 10.7. The molecule has 0 saturated heterocycles. The molecule has 1 N–H and O–H groups in total. The zero-order valence-electron chi connectivity index (χ0n) is 24.2. The molecule has 0 spiro atoms. The van der Waals surface area contributed by atoms with Crippen molar-refractivity contribution in [1.29, 1.82) is 0 Å². The fourth-order valence-electron chi connectivity index (χ4n) is 3.68. The SMILES string of the molecule is CC(C)O[Si](OC(C)C)(OC(C)C)c1cc([C@H](C)O)cc([Si](OC(C)C)(OC(C)C)OC(C)C)c1. The van der Waals surface area contributed by atoms with Crippen LogP contribution in [0.4, 0.5) is 0 Å². The summed E-state index contributed by atoms with van der Waals surface area (Å²) in [7, 11) is -6.85. The fraction of sp³-hybridized carbons (Fsp3) is 0.769. The van der Waals surface area contributed by atoms with Crippen molar-refractivity contribution in [3.05, 3.63) is 23.8 Å². The van der Waals surface area contributed by atoms with Crippen LogP contribution in [0.1, 0.15) is 102 Å². The highest BCUT2D eigenvalue weighted by molar-refractivity contribution is 6.79. The molecule has 0 amide bonds. The summed E-state index contributed by atoms with van der Waals surface area (Å²) in [5, 5.41) is 12.2. The molecule has 204 valence electrons. The van der Waals surface area contributed by atoms with E-state index in [0.29, 0.717) is 5.56 Å². The van der Waals surface area contributed by atoms with Gasteiger partial charge in [0, 0.05) is 47.0 Å². The molecule has 1 aromatic rings. The summed E-state index contributed by atoms with van der Waals surface area (Å²) in [5.74, 6) is 0. The highest BCUT2D eigenvalue weighted by Crippen LogP contribution is 2.23. The summed E-state index contributed by atoms with van der Waals surface area (Å²) in [5.41, 5.74) is 0.699. The summed E-state index contributed by atoms with van der Waals surface area (Å²) >= 11 is 0. The predicted octanol–water partition coefficient (Wildman–Crippen LogP) is 4.58. The number of rotatable bonds is 15. The van der Waals surface area contributed by atoms with Crippen LogP contribution in [0.5, 0.6) is 0 Å². The molecule has 0 saturated carbocycles. The van der Waals surface area contributed by atoms with E-state index in [1.807, 2.05) is 101 Å². The molecular formula is C26H50O7Si2. The molecule has 7 nitrogen and oxygen atoms in total. The van der Waals surface area contributed by atoms with Crippen LogP contribution >= 0.6 is 0 Å². The Balaban J connectivity index is 4.03. The van der Waals surface area contributed by atoms with E-state index in [0.717, 1.165) is 10.4 Å². The Bertz CT molecular complexity index is 655. The van der Waals surface area contributed by atoms with E-state index in [2.05, 4.69) is 0 Å². The molecule has 0 aliphatic rings. The van der Waals surface area contributed by atoms with E-state index in [4.69, 9.17) is 26.6 Å². The maximum absolute atomic E-state index is 10.7. The molecule has 1 aromatic carbocycles. The molecule has 0 bridgehead atoms. The van der Waals surface area contributed by atoms with Gasteiger partial charge in [-0.25, -0.2) is 0 Å². The van der Waals surface area contributed by atoms with E-state index in [1.165, 1.54) is 0 Å². The van der Waals surface area contributed by atoms with Gasteiger partial charge in [0.1, 0.15) is 0 Å². The van der Waals surface area contributed by atoms with Gasteiger partial charge in [-0.15, -0.1) is 0 Å². The van der Waals surface area contributed by atoms with Gasteiger partial charge in [0.2, 0.25) is 0 Å². The van der Waals surface area contributed by atoms with Crippen LogP contribution in [0.3, 0.4) is 0 Å². The van der Waals surface area contributed by atoms with Crippen molar-refractivity contribution in [3.63, 3.8) is 0 Å². The van der Waals surface area contributed by atoms with Gasteiger partial charge in [0.25, 0.3) is 0 Å². The third kappa shape index (κ3) is 9.98. The van der Waals surface area contributed by atoms with Gasteiger partial charge in [-0.3, -0.25) is 0 Å². The summed E-state index contributed by atoms with van der Waals surface area (Å²) in [6.45, 7) is 25.4. The van der Waals surface area contributed by atoms with Gasteiger partial charge in [0.05, 0.1) is 6.10 Å². The summed E-state index contributed by atoms with van der Waals surface area (Å²) < 4.78 is 39.0. The molecule has 0 aliphatic carbocycles. The number of hydrogen-bond acceptors (Lipinski definition) is 7. The largest absolute Gasteiger partial charge is 0.537 e. The van der Waals surface area contributed by atoms with E-state index in [-0.39, 0.29) is 36.6 Å². The molecule has 0 unspecified atom stereocenters. The van der Waals surface area contributed by atoms with Gasteiger partial charge >= 0.3 is 17.6 Å². The minimum atomic E-state index is -3.42. The molecule has 0 aromatic heterocycles. The first kappa shape index (κ1) is 32.4. The zero-order chi connectivity index (χ0) is 27.1. The molecule has 1 rings (SSSR count). The number of benzene rings is 1. The highest BCUT2D eigenvalue weighted by Gasteiger charge is 2.51. The standard InChI is InChI=1S/C26H50O7Si2/c1-17(2)28-34(29-18(3)4,30-19(5)6)25-14-24(23(13)27)15-26(16-25)35(31-20(7)8,32-21(9)10)33-22(11)12/h14-23,27H,1-13H3/t23-/m0/s1. The monoisotopic (exact) mass is 530 g/mol. The third-order valence-electron chi connectivity index (χ3n) is 4.49. The Morgan fingerprint density at radius 1 is 0.457 bits per heavy atom. The maximum Gasteiger partial charge on any atom is 0.537 e. The minimum absolute atomic E-state index is 0.134. The fourth-order valence-corrected chi connectivity index (χ4v) is 10.1. The third-order valence-corrected chi connectivity index (χ3v) is 11.2. The summed E-state index contributed by atoms with van der Waals surface area (Å²) in [4.78, 5) is 0. The minimum Gasteiger partial charge on any atom is -0.389 e.